The summed E-state index contributed by atoms with van der Waals surface area (Å²) in [6.45, 7) is 11.6. The SMILES string of the molecule is CCCCCCCCCCC(CC)CNCC(C)C. The lowest BCUT2D eigenvalue weighted by molar-refractivity contribution is 0.398. The fourth-order valence-electron chi connectivity index (χ4n) is 2.59. The zero-order valence-electron chi connectivity index (χ0n) is 14.1. The van der Waals surface area contributed by atoms with Gasteiger partial charge in [0.15, 0.2) is 0 Å². The van der Waals surface area contributed by atoms with Crippen molar-refractivity contribution in [3.8, 4) is 0 Å². The van der Waals surface area contributed by atoms with Gasteiger partial charge in [-0.1, -0.05) is 85.5 Å². The van der Waals surface area contributed by atoms with Gasteiger partial charge in [-0.05, 0) is 31.3 Å². The van der Waals surface area contributed by atoms with Gasteiger partial charge in [0.2, 0.25) is 0 Å². The first-order valence-corrected chi connectivity index (χ1v) is 8.91. The van der Waals surface area contributed by atoms with Crippen molar-refractivity contribution in [2.45, 2.75) is 91.9 Å². The van der Waals surface area contributed by atoms with Crippen molar-refractivity contribution in [2.75, 3.05) is 13.1 Å². The van der Waals surface area contributed by atoms with Gasteiger partial charge >= 0.3 is 0 Å². The van der Waals surface area contributed by atoms with Gasteiger partial charge in [0, 0.05) is 0 Å². The third-order valence-corrected chi connectivity index (χ3v) is 4.03. The van der Waals surface area contributed by atoms with Gasteiger partial charge in [0.05, 0.1) is 0 Å². The van der Waals surface area contributed by atoms with Crippen LogP contribution in [-0.2, 0) is 0 Å². The van der Waals surface area contributed by atoms with Gasteiger partial charge in [-0.2, -0.15) is 0 Å². The van der Waals surface area contributed by atoms with E-state index in [0.717, 1.165) is 11.8 Å². The molecule has 0 bridgehead atoms. The molecular formula is C18H39N. The summed E-state index contributed by atoms with van der Waals surface area (Å²) in [5, 5.41) is 3.61. The molecule has 0 fully saturated rings. The van der Waals surface area contributed by atoms with Crippen LogP contribution in [0.4, 0.5) is 0 Å². The molecule has 1 unspecified atom stereocenters. The lowest BCUT2D eigenvalue weighted by Crippen LogP contribution is -2.26. The molecule has 116 valence electrons. The van der Waals surface area contributed by atoms with Crippen molar-refractivity contribution < 1.29 is 0 Å². The molecule has 0 aromatic carbocycles. The lowest BCUT2D eigenvalue weighted by Gasteiger charge is -2.16. The van der Waals surface area contributed by atoms with Crippen LogP contribution in [0.1, 0.15) is 91.9 Å². The first kappa shape index (κ1) is 19.0. The molecule has 0 rings (SSSR count). The summed E-state index contributed by atoms with van der Waals surface area (Å²) in [6.07, 6.45) is 14.3. The van der Waals surface area contributed by atoms with Crippen LogP contribution in [0.15, 0.2) is 0 Å². The van der Waals surface area contributed by atoms with Crippen molar-refractivity contribution in [2.24, 2.45) is 11.8 Å². The average molecular weight is 270 g/mol. The van der Waals surface area contributed by atoms with Crippen LogP contribution in [-0.4, -0.2) is 13.1 Å². The number of nitrogens with one attached hydrogen (secondary N) is 1. The molecule has 0 spiro atoms. The van der Waals surface area contributed by atoms with E-state index in [9.17, 15) is 0 Å². The Bertz CT molecular complexity index is 165. The standard InChI is InChI=1S/C18H39N/c1-5-7-8-9-10-11-12-13-14-18(6-2)16-19-15-17(3)4/h17-19H,5-16H2,1-4H3. The predicted octanol–water partition coefficient (Wildman–Crippen LogP) is 5.79. The van der Waals surface area contributed by atoms with Crippen LogP contribution in [0.5, 0.6) is 0 Å². The van der Waals surface area contributed by atoms with Crippen molar-refractivity contribution in [1.29, 1.82) is 0 Å². The third kappa shape index (κ3) is 14.2. The van der Waals surface area contributed by atoms with E-state index in [0.29, 0.717) is 0 Å². The maximum atomic E-state index is 3.61. The largest absolute Gasteiger partial charge is 0.316 e. The maximum Gasteiger partial charge on any atom is -0.00205 e. The zero-order chi connectivity index (χ0) is 14.3. The first-order valence-electron chi connectivity index (χ1n) is 8.91. The van der Waals surface area contributed by atoms with Gasteiger partial charge in [-0.15, -0.1) is 0 Å². The fraction of sp³-hybridized carbons (Fsp3) is 1.00. The first-order chi connectivity index (χ1) is 9.20. The molecule has 0 amide bonds. The maximum absolute atomic E-state index is 3.61. The molecule has 1 N–H and O–H groups in total. The fourth-order valence-corrected chi connectivity index (χ4v) is 2.59. The van der Waals surface area contributed by atoms with Crippen molar-refractivity contribution >= 4 is 0 Å². The number of hydrogen-bond acceptors (Lipinski definition) is 1. The van der Waals surface area contributed by atoms with E-state index in [-0.39, 0.29) is 0 Å². The minimum atomic E-state index is 0.778. The highest BCUT2D eigenvalue weighted by Crippen LogP contribution is 2.15. The molecule has 0 aliphatic rings. The van der Waals surface area contributed by atoms with E-state index in [4.69, 9.17) is 0 Å². The molecule has 0 heterocycles. The van der Waals surface area contributed by atoms with Gasteiger partial charge in [-0.25, -0.2) is 0 Å². The topological polar surface area (TPSA) is 12.0 Å². The smallest absolute Gasteiger partial charge is 0.00205 e. The van der Waals surface area contributed by atoms with Crippen molar-refractivity contribution in [3.63, 3.8) is 0 Å². The Morgan fingerprint density at radius 2 is 1.32 bits per heavy atom. The molecule has 0 aliphatic carbocycles. The molecule has 0 saturated heterocycles. The zero-order valence-corrected chi connectivity index (χ0v) is 14.1. The van der Waals surface area contributed by atoms with Crippen LogP contribution in [0.2, 0.25) is 0 Å². The predicted molar refractivity (Wildman–Crippen MR) is 88.7 cm³/mol. The summed E-state index contributed by atoms with van der Waals surface area (Å²) in [5.41, 5.74) is 0. The highest BCUT2D eigenvalue weighted by Gasteiger charge is 2.05. The number of unbranched alkanes of at least 4 members (excludes halogenated alkanes) is 7. The van der Waals surface area contributed by atoms with Crippen LogP contribution < -0.4 is 5.32 Å². The van der Waals surface area contributed by atoms with Crippen LogP contribution in [0, 0.1) is 11.8 Å². The second kappa shape index (κ2) is 14.4. The molecule has 0 saturated carbocycles. The Balaban J connectivity index is 3.31. The van der Waals surface area contributed by atoms with E-state index in [2.05, 4.69) is 33.0 Å². The van der Waals surface area contributed by atoms with E-state index in [1.54, 1.807) is 0 Å². The Kier molecular flexibility index (Phi) is 14.3. The molecule has 1 nitrogen and oxygen atoms in total. The molecule has 0 radical (unpaired) electrons. The Labute approximate surface area is 122 Å². The lowest BCUT2D eigenvalue weighted by atomic mass is 9.97. The normalized spacial score (nSPS) is 13.1. The number of rotatable bonds is 14. The summed E-state index contributed by atoms with van der Waals surface area (Å²) in [4.78, 5) is 0. The minimum absolute atomic E-state index is 0.778. The average Bonchev–Trinajstić information content (AvgIpc) is 2.39. The summed E-state index contributed by atoms with van der Waals surface area (Å²) >= 11 is 0. The van der Waals surface area contributed by atoms with Gasteiger partial charge in [0.25, 0.3) is 0 Å². The summed E-state index contributed by atoms with van der Waals surface area (Å²) < 4.78 is 0. The second-order valence-corrected chi connectivity index (χ2v) is 6.59. The van der Waals surface area contributed by atoms with Crippen LogP contribution >= 0.6 is 0 Å². The summed E-state index contributed by atoms with van der Waals surface area (Å²) in [7, 11) is 0. The number of hydrogen-bond donors (Lipinski definition) is 1. The molecule has 1 atom stereocenters. The van der Waals surface area contributed by atoms with Crippen molar-refractivity contribution in [1.82, 2.24) is 5.32 Å². The van der Waals surface area contributed by atoms with Crippen LogP contribution in [0.3, 0.4) is 0 Å². The Hall–Kier alpha value is -0.0400. The van der Waals surface area contributed by atoms with Crippen LogP contribution in [0.25, 0.3) is 0 Å². The molecule has 19 heavy (non-hydrogen) atoms. The van der Waals surface area contributed by atoms with Crippen molar-refractivity contribution in [3.05, 3.63) is 0 Å². The third-order valence-electron chi connectivity index (χ3n) is 4.03. The van der Waals surface area contributed by atoms with Gasteiger partial charge in [-0.3, -0.25) is 0 Å². The molecule has 0 aliphatic heterocycles. The van der Waals surface area contributed by atoms with E-state index < -0.39 is 0 Å². The quantitative estimate of drug-likeness (QED) is 0.394. The summed E-state index contributed by atoms with van der Waals surface area (Å²) in [6, 6.07) is 0. The van der Waals surface area contributed by atoms with Gasteiger partial charge in [0.1, 0.15) is 0 Å². The van der Waals surface area contributed by atoms with E-state index in [1.807, 2.05) is 0 Å². The molecule has 0 aromatic rings. The molecular weight excluding hydrogens is 230 g/mol. The van der Waals surface area contributed by atoms with Gasteiger partial charge < -0.3 is 5.32 Å². The Morgan fingerprint density at radius 3 is 1.84 bits per heavy atom. The monoisotopic (exact) mass is 269 g/mol. The van der Waals surface area contributed by atoms with E-state index >= 15 is 0 Å². The minimum Gasteiger partial charge on any atom is -0.316 e. The molecule has 1 heteroatoms. The highest BCUT2D eigenvalue weighted by molar-refractivity contribution is 4.62. The van der Waals surface area contributed by atoms with E-state index in [1.165, 1.54) is 77.3 Å². The Morgan fingerprint density at radius 1 is 0.737 bits per heavy atom. The summed E-state index contributed by atoms with van der Waals surface area (Å²) in [5.74, 6) is 1.68. The second-order valence-electron chi connectivity index (χ2n) is 6.59. The highest BCUT2D eigenvalue weighted by atomic mass is 14.9. The molecule has 0 aromatic heterocycles.